The number of carbonyl (C=O) groups is 2. The van der Waals surface area contributed by atoms with Gasteiger partial charge in [0.25, 0.3) is 11.8 Å². The predicted molar refractivity (Wildman–Crippen MR) is 82.2 cm³/mol. The van der Waals surface area contributed by atoms with E-state index < -0.39 is 5.91 Å². The average Bonchev–Trinajstić information content (AvgIpc) is 2.87. The van der Waals surface area contributed by atoms with Crippen LogP contribution in [-0.2, 0) is 6.42 Å². The summed E-state index contributed by atoms with van der Waals surface area (Å²) in [7, 11) is 0. The van der Waals surface area contributed by atoms with E-state index in [4.69, 9.17) is 0 Å². The van der Waals surface area contributed by atoms with Crippen LogP contribution in [0.4, 0.5) is 0 Å². The fraction of sp³-hybridized carbons (Fsp3) is 0.267. The molecular weight excluding hydrogens is 286 g/mol. The minimum atomic E-state index is -0.390. The van der Waals surface area contributed by atoms with Crippen molar-refractivity contribution in [2.45, 2.75) is 26.7 Å². The van der Waals surface area contributed by atoms with Crippen LogP contribution < -0.4 is 10.9 Å². The van der Waals surface area contributed by atoms with Gasteiger partial charge < -0.3 is 0 Å². The molecule has 0 aliphatic rings. The van der Waals surface area contributed by atoms with E-state index in [1.165, 1.54) is 23.1 Å². The van der Waals surface area contributed by atoms with E-state index >= 15 is 0 Å². The first-order chi connectivity index (χ1) is 10.1. The molecule has 2 aromatic heterocycles. The monoisotopic (exact) mass is 303 g/mol. The summed E-state index contributed by atoms with van der Waals surface area (Å²) < 4.78 is 0. The molecule has 21 heavy (non-hydrogen) atoms. The SMILES string of the molecule is CCCc1cc(C(=O)NNC(=O)c2cccnc2)sc1C. The Morgan fingerprint density at radius 1 is 1.29 bits per heavy atom. The van der Waals surface area contributed by atoms with Crippen LogP contribution in [-0.4, -0.2) is 16.8 Å². The van der Waals surface area contributed by atoms with E-state index in [-0.39, 0.29) is 5.91 Å². The van der Waals surface area contributed by atoms with E-state index in [1.807, 2.05) is 13.0 Å². The van der Waals surface area contributed by atoms with Crippen LogP contribution in [0, 0.1) is 6.92 Å². The minimum absolute atomic E-state index is 0.303. The molecule has 2 aromatic rings. The van der Waals surface area contributed by atoms with Crippen molar-refractivity contribution < 1.29 is 9.59 Å². The number of thiophene rings is 1. The van der Waals surface area contributed by atoms with Crippen molar-refractivity contribution in [2.75, 3.05) is 0 Å². The molecule has 0 aliphatic carbocycles. The van der Waals surface area contributed by atoms with Crippen LogP contribution in [0.2, 0.25) is 0 Å². The Labute approximate surface area is 127 Å². The largest absolute Gasteiger partial charge is 0.279 e. The zero-order valence-electron chi connectivity index (χ0n) is 12.0. The molecule has 0 spiro atoms. The highest BCUT2D eigenvalue weighted by Crippen LogP contribution is 2.22. The van der Waals surface area contributed by atoms with Crippen molar-refractivity contribution >= 4 is 23.2 Å². The number of carbonyl (C=O) groups excluding carboxylic acids is 2. The van der Waals surface area contributed by atoms with Gasteiger partial charge in [-0.3, -0.25) is 25.4 Å². The number of rotatable bonds is 4. The van der Waals surface area contributed by atoms with Gasteiger partial charge in [-0.05, 0) is 37.1 Å². The zero-order valence-corrected chi connectivity index (χ0v) is 12.8. The quantitative estimate of drug-likeness (QED) is 0.852. The number of hydrogen-bond donors (Lipinski definition) is 2. The third kappa shape index (κ3) is 3.88. The molecule has 0 aromatic carbocycles. The third-order valence-corrected chi connectivity index (χ3v) is 4.07. The van der Waals surface area contributed by atoms with E-state index in [9.17, 15) is 9.59 Å². The van der Waals surface area contributed by atoms with Gasteiger partial charge in [0.2, 0.25) is 0 Å². The molecular formula is C15H17N3O2S. The van der Waals surface area contributed by atoms with E-state index in [1.54, 1.807) is 18.3 Å². The van der Waals surface area contributed by atoms with Crippen molar-refractivity contribution in [1.29, 1.82) is 0 Å². The second-order valence-electron chi connectivity index (χ2n) is 4.59. The smallest absolute Gasteiger partial charge is 0.267 e. The summed E-state index contributed by atoms with van der Waals surface area (Å²) >= 11 is 1.43. The lowest BCUT2D eigenvalue weighted by Gasteiger charge is -2.05. The molecule has 0 radical (unpaired) electrons. The third-order valence-electron chi connectivity index (χ3n) is 2.98. The van der Waals surface area contributed by atoms with Gasteiger partial charge in [-0.15, -0.1) is 11.3 Å². The molecule has 0 fully saturated rings. The van der Waals surface area contributed by atoms with Gasteiger partial charge >= 0.3 is 0 Å². The van der Waals surface area contributed by atoms with Crippen molar-refractivity contribution in [3.05, 3.63) is 51.5 Å². The van der Waals surface area contributed by atoms with Crippen LogP contribution in [0.1, 0.15) is 43.8 Å². The van der Waals surface area contributed by atoms with Crippen molar-refractivity contribution in [1.82, 2.24) is 15.8 Å². The maximum absolute atomic E-state index is 12.0. The molecule has 2 amide bonds. The van der Waals surface area contributed by atoms with Crippen LogP contribution in [0.5, 0.6) is 0 Å². The number of amides is 2. The standard InChI is InChI=1S/C15H17N3O2S/c1-3-5-11-8-13(21-10(11)2)15(20)18-17-14(19)12-6-4-7-16-9-12/h4,6-9H,3,5H2,1-2H3,(H,17,19)(H,18,20). The number of nitrogens with one attached hydrogen (secondary N) is 2. The highest BCUT2D eigenvalue weighted by Gasteiger charge is 2.13. The average molecular weight is 303 g/mol. The van der Waals surface area contributed by atoms with Crippen LogP contribution >= 0.6 is 11.3 Å². The molecule has 0 saturated carbocycles. The molecule has 6 heteroatoms. The summed E-state index contributed by atoms with van der Waals surface area (Å²) in [5, 5.41) is 0. The number of hydrazine groups is 1. The summed E-state index contributed by atoms with van der Waals surface area (Å²) in [5.41, 5.74) is 6.39. The summed E-state index contributed by atoms with van der Waals surface area (Å²) in [5.74, 6) is -0.693. The lowest BCUT2D eigenvalue weighted by atomic mass is 10.1. The predicted octanol–water partition coefficient (Wildman–Crippen LogP) is 2.48. The topological polar surface area (TPSA) is 71.1 Å². The molecule has 5 nitrogen and oxygen atoms in total. The molecule has 2 rings (SSSR count). The van der Waals surface area contributed by atoms with Gasteiger partial charge in [-0.25, -0.2) is 0 Å². The summed E-state index contributed by atoms with van der Waals surface area (Å²) in [6.07, 6.45) is 5.02. The second kappa shape index (κ2) is 6.99. The maximum Gasteiger partial charge on any atom is 0.279 e. The van der Waals surface area contributed by atoms with Crippen molar-refractivity contribution in [3.8, 4) is 0 Å². The van der Waals surface area contributed by atoms with Crippen LogP contribution in [0.25, 0.3) is 0 Å². The van der Waals surface area contributed by atoms with Crippen molar-refractivity contribution in [3.63, 3.8) is 0 Å². The Kier molecular flexibility index (Phi) is 5.05. The molecule has 110 valence electrons. The van der Waals surface area contributed by atoms with Gasteiger partial charge in [0.05, 0.1) is 10.4 Å². The summed E-state index contributed by atoms with van der Waals surface area (Å²) in [6.45, 7) is 4.10. The Morgan fingerprint density at radius 3 is 2.71 bits per heavy atom. The van der Waals surface area contributed by atoms with E-state index in [2.05, 4.69) is 22.8 Å². The maximum atomic E-state index is 12.0. The number of nitrogens with zero attached hydrogens (tertiary/aromatic N) is 1. The van der Waals surface area contributed by atoms with Gasteiger partial charge in [-0.2, -0.15) is 0 Å². The van der Waals surface area contributed by atoms with Crippen LogP contribution in [0.3, 0.4) is 0 Å². The minimum Gasteiger partial charge on any atom is -0.267 e. The molecule has 2 N–H and O–H groups in total. The zero-order chi connectivity index (χ0) is 15.2. The molecule has 0 unspecified atom stereocenters. The summed E-state index contributed by atoms with van der Waals surface area (Å²) in [4.78, 5) is 29.4. The Hall–Kier alpha value is -2.21. The first kappa shape index (κ1) is 15.2. The summed E-state index contributed by atoms with van der Waals surface area (Å²) in [6, 6.07) is 5.18. The van der Waals surface area contributed by atoms with E-state index in [0.717, 1.165) is 17.7 Å². The number of aryl methyl sites for hydroxylation is 2. The van der Waals surface area contributed by atoms with Crippen LogP contribution in [0.15, 0.2) is 30.6 Å². The lowest BCUT2D eigenvalue weighted by molar-refractivity contribution is 0.0848. The number of pyridine rings is 1. The lowest BCUT2D eigenvalue weighted by Crippen LogP contribution is -2.41. The molecule has 0 aliphatic heterocycles. The first-order valence-electron chi connectivity index (χ1n) is 6.71. The normalized spacial score (nSPS) is 10.2. The second-order valence-corrected chi connectivity index (χ2v) is 5.85. The molecule has 0 atom stereocenters. The highest BCUT2D eigenvalue weighted by atomic mass is 32.1. The Balaban J connectivity index is 1.96. The van der Waals surface area contributed by atoms with Gasteiger partial charge in [0.1, 0.15) is 0 Å². The molecule has 2 heterocycles. The Bertz CT molecular complexity index is 638. The molecule has 0 saturated heterocycles. The van der Waals surface area contributed by atoms with E-state index in [0.29, 0.717) is 10.4 Å². The fourth-order valence-electron chi connectivity index (χ4n) is 1.89. The van der Waals surface area contributed by atoms with Gasteiger partial charge in [0.15, 0.2) is 0 Å². The number of hydrogen-bond acceptors (Lipinski definition) is 4. The molecule has 0 bridgehead atoms. The fourth-order valence-corrected chi connectivity index (χ4v) is 2.86. The van der Waals surface area contributed by atoms with Gasteiger partial charge in [-0.1, -0.05) is 13.3 Å². The van der Waals surface area contributed by atoms with Crippen molar-refractivity contribution in [2.24, 2.45) is 0 Å². The number of aromatic nitrogens is 1. The highest BCUT2D eigenvalue weighted by molar-refractivity contribution is 7.14. The Morgan fingerprint density at radius 2 is 2.05 bits per heavy atom. The first-order valence-corrected chi connectivity index (χ1v) is 7.53. The van der Waals surface area contributed by atoms with Gasteiger partial charge in [0, 0.05) is 17.3 Å².